The number of amides is 4. The van der Waals surface area contributed by atoms with Crippen molar-refractivity contribution < 1.29 is 52.5 Å². The number of carbonyl (C=O) groups excluding carboxylic acids is 4. The number of carbonyl (C=O) groups is 6. The Morgan fingerprint density at radius 2 is 1.73 bits per heavy atom. The van der Waals surface area contributed by atoms with Crippen molar-refractivity contribution in [2.24, 2.45) is 5.92 Å². The molecule has 3 atom stereocenters. The molecule has 1 aliphatic heterocycles. The predicted octanol–water partition coefficient (Wildman–Crippen LogP) is 3.41. The van der Waals surface area contributed by atoms with Crippen LogP contribution in [0.2, 0.25) is 5.02 Å². The number of ether oxygens (including phenoxy) is 1. The summed E-state index contributed by atoms with van der Waals surface area (Å²) in [5.74, 6) is -5.12. The summed E-state index contributed by atoms with van der Waals surface area (Å²) in [5.41, 5.74) is 1.30. The van der Waals surface area contributed by atoms with Crippen molar-refractivity contribution in [3.8, 4) is 0 Å². The number of rotatable bonds is 16. The minimum atomic E-state index is -2.99. The van der Waals surface area contributed by atoms with Crippen LogP contribution in [0.5, 0.6) is 0 Å². The highest BCUT2D eigenvalue weighted by Crippen LogP contribution is 2.33. The van der Waals surface area contributed by atoms with Gasteiger partial charge in [0.05, 0.1) is 12.2 Å². The van der Waals surface area contributed by atoms with Gasteiger partial charge in [-0.2, -0.15) is 0 Å². The van der Waals surface area contributed by atoms with Crippen molar-refractivity contribution in [1.29, 1.82) is 0 Å². The van der Waals surface area contributed by atoms with Crippen LogP contribution in [0.1, 0.15) is 54.6 Å². The lowest BCUT2D eigenvalue weighted by molar-refractivity contribution is -0.137. The maximum atomic E-state index is 13.9. The van der Waals surface area contributed by atoms with Gasteiger partial charge < -0.3 is 30.9 Å². The molecule has 4 amide bonds. The van der Waals surface area contributed by atoms with Gasteiger partial charge in [-0.25, -0.2) is 18.4 Å². The Labute approximate surface area is 279 Å². The fourth-order valence-electron chi connectivity index (χ4n) is 4.99. The van der Waals surface area contributed by atoms with E-state index in [0.717, 1.165) is 4.90 Å². The Hall–Kier alpha value is -4.79. The first-order valence-corrected chi connectivity index (χ1v) is 15.5. The number of carboxylic acids is 2. The average Bonchev–Trinajstić information content (AvgIpc) is 3.41. The quantitative estimate of drug-likeness (QED) is 0.175. The topological polar surface area (TPSA) is 191 Å². The molecule has 1 heterocycles. The number of nitrogens with zero attached hydrogens (tertiary/aromatic N) is 1. The molecule has 48 heavy (non-hydrogen) atoms. The number of carboxylic acid groups (broad SMARTS) is 2. The summed E-state index contributed by atoms with van der Waals surface area (Å²) in [6.45, 7) is 3.54. The Morgan fingerprint density at radius 3 is 2.35 bits per heavy atom. The summed E-state index contributed by atoms with van der Waals surface area (Å²) in [6.07, 6.45) is -5.75. The van der Waals surface area contributed by atoms with Crippen molar-refractivity contribution in [3.05, 3.63) is 64.2 Å². The van der Waals surface area contributed by atoms with E-state index >= 15 is 0 Å². The van der Waals surface area contributed by atoms with E-state index < -0.39 is 73.1 Å². The number of aromatic carboxylic acids is 1. The molecule has 2 aromatic rings. The van der Waals surface area contributed by atoms with Crippen molar-refractivity contribution in [3.63, 3.8) is 0 Å². The zero-order valence-corrected chi connectivity index (χ0v) is 27.0. The number of anilines is 1. The molecule has 0 saturated carbocycles. The summed E-state index contributed by atoms with van der Waals surface area (Å²) in [6, 6.07) is 6.05. The first kappa shape index (κ1) is 37.7. The molecule has 5 N–H and O–H groups in total. The van der Waals surface area contributed by atoms with Gasteiger partial charge in [-0.05, 0) is 48.1 Å². The third-order valence-electron chi connectivity index (χ3n) is 7.34. The monoisotopic (exact) mass is 694 g/mol. The van der Waals surface area contributed by atoms with Crippen molar-refractivity contribution in [1.82, 2.24) is 16.0 Å². The molecule has 0 bridgehead atoms. The molecule has 3 rings (SSSR count). The van der Waals surface area contributed by atoms with Gasteiger partial charge in [-0.3, -0.25) is 24.1 Å². The second-order valence-electron chi connectivity index (χ2n) is 11.5. The Kier molecular flexibility index (Phi) is 13.6. The van der Waals surface area contributed by atoms with Crippen LogP contribution in [0.4, 0.5) is 19.3 Å². The van der Waals surface area contributed by atoms with Gasteiger partial charge in [0, 0.05) is 36.5 Å². The van der Waals surface area contributed by atoms with Crippen LogP contribution in [0.15, 0.2) is 42.5 Å². The Bertz CT molecular complexity index is 1520. The molecule has 0 spiro atoms. The Morgan fingerprint density at radius 1 is 1.02 bits per heavy atom. The number of fused-ring (bicyclic) bond motifs is 1. The summed E-state index contributed by atoms with van der Waals surface area (Å²) in [4.78, 5) is 76.6. The zero-order chi connectivity index (χ0) is 35.5. The number of para-hydroxylation sites is 1. The number of hydrogen-bond donors (Lipinski definition) is 5. The second-order valence-corrected chi connectivity index (χ2v) is 11.9. The molecule has 0 aromatic heterocycles. The number of nitrogens with one attached hydrogen (secondary N) is 3. The Balaban J connectivity index is 1.78. The number of benzene rings is 2. The van der Waals surface area contributed by atoms with Crippen molar-refractivity contribution in [2.45, 2.75) is 70.5 Å². The molecule has 0 unspecified atom stereocenters. The van der Waals surface area contributed by atoms with E-state index in [1.807, 2.05) is 0 Å². The fourth-order valence-corrected chi connectivity index (χ4v) is 5.27. The molecule has 13 nitrogen and oxygen atoms in total. The molecule has 0 saturated heterocycles. The lowest BCUT2D eigenvalue weighted by Gasteiger charge is -2.30. The van der Waals surface area contributed by atoms with Gasteiger partial charge in [-0.15, -0.1) is 0 Å². The van der Waals surface area contributed by atoms with Gasteiger partial charge in [0.2, 0.25) is 24.1 Å². The lowest BCUT2D eigenvalue weighted by atomic mass is 10.1. The predicted molar refractivity (Wildman–Crippen MR) is 169 cm³/mol. The van der Waals surface area contributed by atoms with Crippen LogP contribution in [-0.4, -0.2) is 83.7 Å². The van der Waals surface area contributed by atoms with E-state index in [4.69, 9.17) is 21.4 Å². The van der Waals surface area contributed by atoms with Crippen molar-refractivity contribution >= 4 is 53.0 Å². The van der Waals surface area contributed by atoms with E-state index in [1.54, 1.807) is 38.1 Å². The van der Waals surface area contributed by atoms with Crippen LogP contribution >= 0.6 is 11.6 Å². The number of hydrogen-bond acceptors (Lipinski definition) is 7. The highest BCUT2D eigenvalue weighted by atomic mass is 35.5. The summed E-state index contributed by atoms with van der Waals surface area (Å²) < 4.78 is 32.2. The van der Waals surface area contributed by atoms with Gasteiger partial charge >= 0.3 is 18.0 Å². The molecule has 0 radical (unpaired) electrons. The standard InChI is InChI=1S/C32H37ClF2N4O9/c1-17(2)16-48-32(47)38-22(9-10-27(40)41)30(44)39-24-6-4-3-5-19(24)14-25(39)29(43)37-23(15-26(34)35)28(42)36-12-11-18-7-8-20(31(45)46)13-21(18)33/h3-8,13,17,22-23,25-26H,9-12,14-16H2,1-2H3,(H,36,42)(H,37,43)(H,38,47)(H,40,41)(H,45,46)/t22-,23+,25+/m1/s1. The molecule has 16 heteroatoms. The highest BCUT2D eigenvalue weighted by Gasteiger charge is 2.42. The molecule has 260 valence electrons. The van der Waals surface area contributed by atoms with Crippen LogP contribution in [0.3, 0.4) is 0 Å². The normalized spacial score (nSPS) is 15.0. The summed E-state index contributed by atoms with van der Waals surface area (Å²) in [5, 5.41) is 25.7. The SMILES string of the molecule is CC(C)COC(=O)N[C@H](CCC(=O)O)C(=O)N1c2ccccc2C[C@H]1C(=O)N[C@@H](CC(F)F)C(=O)NCCc1ccc(C(=O)O)cc1Cl. The molecular formula is C32H37ClF2N4O9. The second kappa shape index (κ2) is 17.4. The van der Waals surface area contributed by atoms with E-state index in [9.17, 15) is 42.7 Å². The molecule has 2 aromatic carbocycles. The van der Waals surface area contributed by atoms with E-state index in [0.29, 0.717) is 16.8 Å². The summed E-state index contributed by atoms with van der Waals surface area (Å²) in [7, 11) is 0. The van der Waals surface area contributed by atoms with E-state index in [-0.39, 0.29) is 48.9 Å². The van der Waals surface area contributed by atoms with Crippen molar-refractivity contribution in [2.75, 3.05) is 18.1 Å². The third-order valence-corrected chi connectivity index (χ3v) is 7.69. The van der Waals surface area contributed by atoms with Gasteiger partial charge in [0.25, 0.3) is 0 Å². The third kappa shape index (κ3) is 10.6. The van der Waals surface area contributed by atoms with Gasteiger partial charge in [-0.1, -0.05) is 49.7 Å². The maximum Gasteiger partial charge on any atom is 0.407 e. The zero-order valence-electron chi connectivity index (χ0n) is 26.2. The van der Waals surface area contributed by atoms with Crippen LogP contribution in [0, 0.1) is 5.92 Å². The minimum absolute atomic E-state index is 0.0241. The van der Waals surface area contributed by atoms with E-state index in [1.165, 1.54) is 18.2 Å². The molecular weight excluding hydrogens is 658 g/mol. The molecule has 1 aliphatic rings. The number of alkyl halides is 2. The van der Waals surface area contributed by atoms with Crippen LogP contribution < -0.4 is 20.9 Å². The van der Waals surface area contributed by atoms with E-state index in [2.05, 4.69) is 16.0 Å². The first-order chi connectivity index (χ1) is 22.7. The summed E-state index contributed by atoms with van der Waals surface area (Å²) >= 11 is 6.13. The molecule has 0 fully saturated rings. The number of aliphatic carboxylic acids is 1. The highest BCUT2D eigenvalue weighted by molar-refractivity contribution is 6.31. The van der Waals surface area contributed by atoms with Gasteiger partial charge in [0.1, 0.15) is 18.1 Å². The maximum absolute atomic E-state index is 13.9. The molecule has 0 aliphatic carbocycles. The van der Waals surface area contributed by atoms with Gasteiger partial charge in [0.15, 0.2) is 0 Å². The number of halogens is 3. The smallest absolute Gasteiger partial charge is 0.407 e. The van der Waals surface area contributed by atoms with Crippen LogP contribution in [0.25, 0.3) is 0 Å². The number of alkyl carbamates (subject to hydrolysis) is 1. The minimum Gasteiger partial charge on any atom is -0.481 e. The average molecular weight is 695 g/mol. The largest absolute Gasteiger partial charge is 0.481 e. The lowest BCUT2D eigenvalue weighted by Crippen LogP contribution is -2.58. The van der Waals surface area contributed by atoms with Crippen LogP contribution in [-0.2, 0) is 36.8 Å². The first-order valence-electron chi connectivity index (χ1n) is 15.1. The fraction of sp³-hybridized carbons (Fsp3) is 0.438.